The zero-order valence-electron chi connectivity index (χ0n) is 13.2. The Hall–Kier alpha value is -3.08. The van der Waals surface area contributed by atoms with Gasteiger partial charge in [0.1, 0.15) is 17.9 Å². The first-order valence-electron chi connectivity index (χ1n) is 7.64. The molecule has 0 bridgehead atoms. The topological polar surface area (TPSA) is 68.5 Å². The van der Waals surface area contributed by atoms with Gasteiger partial charge in [-0.3, -0.25) is 9.59 Å². The van der Waals surface area contributed by atoms with Crippen molar-refractivity contribution in [3.8, 4) is 5.75 Å². The molecule has 5 nitrogen and oxygen atoms in total. The highest BCUT2D eigenvalue weighted by Crippen LogP contribution is 2.12. The van der Waals surface area contributed by atoms with Crippen LogP contribution in [-0.4, -0.2) is 19.1 Å². The number of benzene rings is 2. The number of nitrogens with one attached hydrogen (secondary N) is 1. The van der Waals surface area contributed by atoms with Crippen LogP contribution in [0, 0.1) is 6.92 Å². The maximum atomic E-state index is 12.1. The molecular formula is C19H17NO4. The summed E-state index contributed by atoms with van der Waals surface area (Å²) in [5.41, 5.74) is 1.31. The molecule has 0 spiro atoms. The molecule has 0 saturated carbocycles. The van der Waals surface area contributed by atoms with Gasteiger partial charge in [0.25, 0.3) is 5.91 Å². The van der Waals surface area contributed by atoms with Crippen LogP contribution in [0.3, 0.4) is 0 Å². The summed E-state index contributed by atoms with van der Waals surface area (Å²) in [7, 11) is 0. The molecule has 0 aliphatic heterocycles. The van der Waals surface area contributed by atoms with Crippen LogP contribution in [0.1, 0.15) is 16.1 Å². The van der Waals surface area contributed by atoms with Crippen molar-refractivity contribution < 1.29 is 13.9 Å². The summed E-state index contributed by atoms with van der Waals surface area (Å²) >= 11 is 0. The number of fused-ring (bicyclic) bond motifs is 1. The van der Waals surface area contributed by atoms with E-state index in [1.165, 1.54) is 6.07 Å². The van der Waals surface area contributed by atoms with Crippen molar-refractivity contribution in [1.29, 1.82) is 0 Å². The van der Waals surface area contributed by atoms with E-state index < -0.39 is 5.91 Å². The molecule has 0 aliphatic carbocycles. The summed E-state index contributed by atoms with van der Waals surface area (Å²) in [6.07, 6.45) is 0. The van der Waals surface area contributed by atoms with Gasteiger partial charge in [0.2, 0.25) is 0 Å². The molecule has 1 N–H and O–H groups in total. The lowest BCUT2D eigenvalue weighted by Gasteiger charge is -2.08. The average molecular weight is 323 g/mol. The van der Waals surface area contributed by atoms with Crippen molar-refractivity contribution in [2.24, 2.45) is 0 Å². The molecule has 3 rings (SSSR count). The predicted molar refractivity (Wildman–Crippen MR) is 91.5 cm³/mol. The van der Waals surface area contributed by atoms with Gasteiger partial charge in [-0.2, -0.15) is 0 Å². The number of rotatable bonds is 5. The van der Waals surface area contributed by atoms with Gasteiger partial charge >= 0.3 is 0 Å². The van der Waals surface area contributed by atoms with Crippen molar-refractivity contribution in [2.45, 2.75) is 6.92 Å². The second-order valence-corrected chi connectivity index (χ2v) is 5.39. The fraction of sp³-hybridized carbons (Fsp3) is 0.158. The second-order valence-electron chi connectivity index (χ2n) is 5.39. The fourth-order valence-corrected chi connectivity index (χ4v) is 2.27. The Bertz CT molecular complexity index is 913. The molecule has 5 heteroatoms. The Labute approximate surface area is 138 Å². The minimum atomic E-state index is -0.439. The van der Waals surface area contributed by atoms with E-state index in [1.54, 1.807) is 24.3 Å². The van der Waals surface area contributed by atoms with Gasteiger partial charge in [-0.15, -0.1) is 0 Å². The van der Waals surface area contributed by atoms with Crippen molar-refractivity contribution >= 4 is 16.9 Å². The molecule has 1 heterocycles. The third-order valence-corrected chi connectivity index (χ3v) is 3.54. The number of hydrogen-bond donors (Lipinski definition) is 1. The molecule has 24 heavy (non-hydrogen) atoms. The molecule has 0 aliphatic rings. The van der Waals surface area contributed by atoms with Gasteiger partial charge < -0.3 is 14.5 Å². The Morgan fingerprint density at radius 3 is 2.67 bits per heavy atom. The van der Waals surface area contributed by atoms with Crippen LogP contribution in [0.25, 0.3) is 11.0 Å². The monoisotopic (exact) mass is 323 g/mol. The third kappa shape index (κ3) is 3.63. The highest BCUT2D eigenvalue weighted by atomic mass is 16.5. The van der Waals surface area contributed by atoms with E-state index in [1.807, 2.05) is 31.2 Å². The van der Waals surface area contributed by atoms with E-state index in [4.69, 9.17) is 9.15 Å². The summed E-state index contributed by atoms with van der Waals surface area (Å²) in [6, 6.07) is 15.7. The Morgan fingerprint density at radius 2 is 1.88 bits per heavy atom. The molecular weight excluding hydrogens is 306 g/mol. The minimum absolute atomic E-state index is 0.00552. The number of para-hydroxylation sites is 1. The van der Waals surface area contributed by atoms with Crippen molar-refractivity contribution in [1.82, 2.24) is 5.32 Å². The van der Waals surface area contributed by atoms with Crippen molar-refractivity contribution in [2.75, 3.05) is 13.2 Å². The molecule has 0 unspecified atom stereocenters. The molecule has 122 valence electrons. The first-order chi connectivity index (χ1) is 11.6. The Balaban J connectivity index is 1.59. The highest BCUT2D eigenvalue weighted by Gasteiger charge is 2.11. The number of hydrogen-bond acceptors (Lipinski definition) is 4. The van der Waals surface area contributed by atoms with Crippen LogP contribution < -0.4 is 15.5 Å². The Kier molecular flexibility index (Phi) is 4.61. The second kappa shape index (κ2) is 7.00. The number of amides is 1. The van der Waals surface area contributed by atoms with E-state index in [9.17, 15) is 9.59 Å². The lowest BCUT2D eigenvalue weighted by Crippen LogP contribution is -2.28. The maximum absolute atomic E-state index is 12.1. The lowest BCUT2D eigenvalue weighted by atomic mass is 10.2. The standard InChI is InChI=1S/C19H17NO4/c1-13-6-8-14(9-7-13)23-11-10-20-19(22)18-12-16(21)15-4-2-3-5-17(15)24-18/h2-9,12H,10-11H2,1H3,(H,20,22). The van der Waals surface area contributed by atoms with E-state index in [-0.39, 0.29) is 11.2 Å². The van der Waals surface area contributed by atoms with Crippen LogP contribution in [-0.2, 0) is 0 Å². The van der Waals surface area contributed by atoms with Gasteiger partial charge in [0.05, 0.1) is 11.9 Å². The SMILES string of the molecule is Cc1ccc(OCCNC(=O)c2cc(=O)c3ccccc3o2)cc1. The summed E-state index contributed by atoms with van der Waals surface area (Å²) in [6.45, 7) is 2.64. The largest absolute Gasteiger partial charge is 0.492 e. The normalized spacial score (nSPS) is 10.5. The zero-order chi connectivity index (χ0) is 16.9. The van der Waals surface area contributed by atoms with E-state index in [0.29, 0.717) is 24.1 Å². The van der Waals surface area contributed by atoms with E-state index in [2.05, 4.69) is 5.32 Å². The minimum Gasteiger partial charge on any atom is -0.492 e. The van der Waals surface area contributed by atoms with Crippen LogP contribution in [0.4, 0.5) is 0 Å². The van der Waals surface area contributed by atoms with Crippen molar-refractivity contribution in [3.63, 3.8) is 0 Å². The van der Waals surface area contributed by atoms with Gasteiger partial charge in [-0.05, 0) is 31.2 Å². The molecule has 1 aromatic heterocycles. The summed E-state index contributed by atoms with van der Waals surface area (Å²) in [5.74, 6) is 0.298. The van der Waals surface area contributed by atoms with Crippen LogP contribution in [0.15, 0.2) is 63.8 Å². The highest BCUT2D eigenvalue weighted by molar-refractivity contribution is 5.93. The molecule has 0 fully saturated rings. The summed E-state index contributed by atoms with van der Waals surface area (Å²) in [5, 5.41) is 3.13. The number of aryl methyl sites for hydroxylation is 1. The molecule has 0 radical (unpaired) electrons. The van der Waals surface area contributed by atoms with Crippen LogP contribution in [0.2, 0.25) is 0 Å². The van der Waals surface area contributed by atoms with Gasteiger partial charge in [0.15, 0.2) is 11.2 Å². The third-order valence-electron chi connectivity index (χ3n) is 3.54. The predicted octanol–water partition coefficient (Wildman–Crippen LogP) is 2.91. The average Bonchev–Trinajstić information content (AvgIpc) is 2.60. The van der Waals surface area contributed by atoms with Gasteiger partial charge in [-0.1, -0.05) is 29.8 Å². The molecule has 3 aromatic rings. The smallest absolute Gasteiger partial charge is 0.287 e. The molecule has 0 atom stereocenters. The van der Waals surface area contributed by atoms with Crippen molar-refractivity contribution in [3.05, 3.63) is 76.1 Å². The molecule has 1 amide bonds. The van der Waals surface area contributed by atoms with E-state index in [0.717, 1.165) is 11.3 Å². The van der Waals surface area contributed by atoms with Crippen LogP contribution >= 0.6 is 0 Å². The number of carbonyl (C=O) groups excluding carboxylic acids is 1. The fourth-order valence-electron chi connectivity index (χ4n) is 2.27. The number of carbonyl (C=O) groups is 1. The van der Waals surface area contributed by atoms with Gasteiger partial charge in [-0.25, -0.2) is 0 Å². The quantitative estimate of drug-likeness (QED) is 0.733. The zero-order valence-corrected chi connectivity index (χ0v) is 13.2. The summed E-state index contributed by atoms with van der Waals surface area (Å²) in [4.78, 5) is 24.1. The molecule has 0 saturated heterocycles. The summed E-state index contributed by atoms with van der Waals surface area (Å²) < 4.78 is 11.0. The first kappa shape index (κ1) is 15.8. The van der Waals surface area contributed by atoms with Gasteiger partial charge in [0, 0.05) is 6.07 Å². The number of ether oxygens (including phenoxy) is 1. The Morgan fingerprint density at radius 1 is 1.12 bits per heavy atom. The maximum Gasteiger partial charge on any atom is 0.287 e. The van der Waals surface area contributed by atoms with Crippen LogP contribution in [0.5, 0.6) is 5.75 Å². The molecule has 2 aromatic carbocycles. The first-order valence-corrected chi connectivity index (χ1v) is 7.64. The lowest BCUT2D eigenvalue weighted by molar-refractivity contribution is 0.0920. The van der Waals surface area contributed by atoms with E-state index >= 15 is 0 Å².